The molecule has 0 spiro atoms. The van der Waals surface area contributed by atoms with Crippen LogP contribution in [-0.2, 0) is 24.1 Å². The van der Waals surface area contributed by atoms with Crippen molar-refractivity contribution in [3.63, 3.8) is 0 Å². The summed E-state index contributed by atoms with van der Waals surface area (Å²) in [5.41, 5.74) is 11.2. The largest absolute Gasteiger partial charge is 0.487 e. The molecule has 1 aliphatic carbocycles. The van der Waals surface area contributed by atoms with Crippen LogP contribution in [0.2, 0.25) is 0 Å². The molecular weight excluding hydrogens is 464 g/mol. The number of rotatable bonds is 7. The topological polar surface area (TPSA) is 97.0 Å². The van der Waals surface area contributed by atoms with Crippen molar-refractivity contribution in [3.8, 4) is 5.75 Å². The van der Waals surface area contributed by atoms with Crippen molar-refractivity contribution < 1.29 is 14.3 Å². The lowest BCUT2D eigenvalue weighted by molar-refractivity contribution is -0.127. The number of hydrogen-bond acceptors (Lipinski definition) is 5. The maximum Gasteiger partial charge on any atom is 0.251 e. The van der Waals surface area contributed by atoms with Crippen LogP contribution in [0.1, 0.15) is 91.0 Å². The molecule has 5 rings (SSSR count). The first-order valence-corrected chi connectivity index (χ1v) is 13.5. The molecule has 7 nitrogen and oxygen atoms in total. The molecule has 0 radical (unpaired) electrons. The molecule has 0 bridgehead atoms. The second-order valence-electron chi connectivity index (χ2n) is 11.3. The lowest BCUT2D eigenvalue weighted by Crippen LogP contribution is -2.44. The Bertz CT molecular complexity index is 1240. The zero-order valence-corrected chi connectivity index (χ0v) is 22.2. The number of carbonyl (C=O) groups excluding carboxylic acids is 2. The monoisotopic (exact) mass is 502 g/mol. The van der Waals surface area contributed by atoms with Crippen LogP contribution in [0.25, 0.3) is 0 Å². The molecule has 3 aliphatic rings. The van der Waals surface area contributed by atoms with Gasteiger partial charge in [-0.2, -0.15) is 0 Å². The third-order valence-electron chi connectivity index (χ3n) is 7.89. The van der Waals surface area contributed by atoms with Crippen LogP contribution >= 0.6 is 0 Å². The van der Waals surface area contributed by atoms with E-state index in [0.717, 1.165) is 55.4 Å². The molecule has 2 aromatic rings. The SMILES string of the molecule is CN1C(=O)CC(CCCCc2ccc3c(c2)C(NC(=O)c2ccc4c(c2)CCC4)CC(C)(C)O3)N=C1N. The molecule has 0 saturated heterocycles. The van der Waals surface area contributed by atoms with E-state index < -0.39 is 0 Å². The number of guanidine groups is 1. The van der Waals surface area contributed by atoms with Gasteiger partial charge in [-0.15, -0.1) is 0 Å². The first-order valence-electron chi connectivity index (χ1n) is 13.5. The van der Waals surface area contributed by atoms with Gasteiger partial charge in [0, 0.05) is 31.0 Å². The average molecular weight is 503 g/mol. The highest BCUT2D eigenvalue weighted by Gasteiger charge is 2.35. The van der Waals surface area contributed by atoms with Crippen molar-refractivity contribution in [3.05, 3.63) is 64.2 Å². The van der Waals surface area contributed by atoms with Crippen molar-refractivity contribution in [2.75, 3.05) is 7.05 Å². The molecule has 7 heteroatoms. The Morgan fingerprint density at radius 3 is 2.78 bits per heavy atom. The number of aliphatic imine (C=N–C) groups is 1. The molecular formula is C30H38N4O3. The number of carbonyl (C=O) groups is 2. The number of benzene rings is 2. The Balaban J connectivity index is 1.24. The molecule has 2 amide bonds. The molecule has 2 aliphatic heterocycles. The smallest absolute Gasteiger partial charge is 0.251 e. The lowest BCUT2D eigenvalue weighted by Gasteiger charge is -2.38. The van der Waals surface area contributed by atoms with Gasteiger partial charge < -0.3 is 15.8 Å². The average Bonchev–Trinajstić information content (AvgIpc) is 3.33. The van der Waals surface area contributed by atoms with Gasteiger partial charge in [-0.3, -0.25) is 14.5 Å². The summed E-state index contributed by atoms with van der Waals surface area (Å²) in [6.45, 7) is 4.14. The summed E-state index contributed by atoms with van der Waals surface area (Å²) in [5, 5.41) is 3.31. The molecule has 2 atom stereocenters. The zero-order chi connectivity index (χ0) is 26.2. The van der Waals surface area contributed by atoms with Crippen LogP contribution in [0.3, 0.4) is 0 Å². The van der Waals surface area contributed by atoms with E-state index in [-0.39, 0.29) is 29.5 Å². The van der Waals surface area contributed by atoms with E-state index in [2.05, 4.69) is 48.4 Å². The first-order chi connectivity index (χ1) is 17.7. The van der Waals surface area contributed by atoms with Crippen LogP contribution in [0, 0.1) is 0 Å². The molecule has 0 fully saturated rings. The lowest BCUT2D eigenvalue weighted by atomic mass is 9.88. The maximum absolute atomic E-state index is 13.2. The first kappa shape index (κ1) is 25.3. The molecule has 196 valence electrons. The van der Waals surface area contributed by atoms with Gasteiger partial charge in [0.25, 0.3) is 5.91 Å². The van der Waals surface area contributed by atoms with E-state index in [9.17, 15) is 9.59 Å². The van der Waals surface area contributed by atoms with Crippen molar-refractivity contribution in [2.45, 2.75) is 89.3 Å². The molecule has 37 heavy (non-hydrogen) atoms. The molecule has 2 aromatic carbocycles. The Morgan fingerprint density at radius 2 is 1.97 bits per heavy atom. The standard InChI is InChI=1S/C30H38N4O3/c1-30(2)18-25(33-28(36)22-13-12-20-8-6-9-21(20)16-22)24-15-19(11-14-26(24)37-30)7-4-5-10-23-17-27(35)34(3)29(31)32-23/h11-16,23,25H,4-10,17-18H2,1-3H3,(H2,31,32)(H,33,36). The van der Waals surface area contributed by atoms with E-state index in [0.29, 0.717) is 18.8 Å². The number of fused-ring (bicyclic) bond motifs is 2. The molecule has 0 aromatic heterocycles. The number of aryl methyl sites for hydroxylation is 3. The number of unbranched alkanes of at least 4 members (excludes halogenated alkanes) is 1. The Hall–Kier alpha value is -3.35. The normalized spacial score (nSPS) is 22.1. The highest BCUT2D eigenvalue weighted by atomic mass is 16.5. The minimum Gasteiger partial charge on any atom is -0.487 e. The number of nitrogens with zero attached hydrogens (tertiary/aromatic N) is 2. The van der Waals surface area contributed by atoms with Crippen LogP contribution in [0.15, 0.2) is 41.4 Å². The predicted octanol–water partition coefficient (Wildman–Crippen LogP) is 4.47. The Kier molecular flexibility index (Phi) is 6.97. The summed E-state index contributed by atoms with van der Waals surface area (Å²) in [6, 6.07) is 12.3. The van der Waals surface area contributed by atoms with Gasteiger partial charge in [0.2, 0.25) is 5.91 Å². The summed E-state index contributed by atoms with van der Waals surface area (Å²) >= 11 is 0. The van der Waals surface area contributed by atoms with E-state index in [1.165, 1.54) is 28.0 Å². The number of nitrogens with one attached hydrogen (secondary N) is 1. The van der Waals surface area contributed by atoms with E-state index in [4.69, 9.17) is 10.5 Å². The van der Waals surface area contributed by atoms with Gasteiger partial charge in [0.1, 0.15) is 11.4 Å². The highest BCUT2D eigenvalue weighted by molar-refractivity contribution is 5.98. The number of nitrogens with two attached hydrogens (primary N) is 1. The highest BCUT2D eigenvalue weighted by Crippen LogP contribution is 2.40. The second kappa shape index (κ2) is 10.2. The number of amides is 2. The minimum atomic E-state index is -0.363. The van der Waals surface area contributed by atoms with Gasteiger partial charge in [-0.25, -0.2) is 4.99 Å². The van der Waals surface area contributed by atoms with Crippen molar-refractivity contribution in [1.82, 2.24) is 10.2 Å². The van der Waals surface area contributed by atoms with Gasteiger partial charge in [-0.05, 0) is 87.3 Å². The third-order valence-corrected chi connectivity index (χ3v) is 7.89. The van der Waals surface area contributed by atoms with Crippen LogP contribution in [-0.4, -0.2) is 41.4 Å². The fourth-order valence-electron chi connectivity index (χ4n) is 5.80. The quantitative estimate of drug-likeness (QED) is 0.546. The summed E-state index contributed by atoms with van der Waals surface area (Å²) in [6.07, 6.45) is 8.20. The summed E-state index contributed by atoms with van der Waals surface area (Å²) in [4.78, 5) is 31.1. The van der Waals surface area contributed by atoms with Crippen LogP contribution < -0.4 is 15.8 Å². The molecule has 0 saturated carbocycles. The fourth-order valence-corrected chi connectivity index (χ4v) is 5.80. The second-order valence-corrected chi connectivity index (χ2v) is 11.3. The summed E-state index contributed by atoms with van der Waals surface area (Å²) in [7, 11) is 1.67. The summed E-state index contributed by atoms with van der Waals surface area (Å²) in [5.74, 6) is 1.16. The van der Waals surface area contributed by atoms with Crippen molar-refractivity contribution >= 4 is 17.8 Å². The van der Waals surface area contributed by atoms with E-state index >= 15 is 0 Å². The zero-order valence-electron chi connectivity index (χ0n) is 22.2. The van der Waals surface area contributed by atoms with Gasteiger partial charge in [0.05, 0.1) is 12.1 Å². The predicted molar refractivity (Wildman–Crippen MR) is 145 cm³/mol. The summed E-state index contributed by atoms with van der Waals surface area (Å²) < 4.78 is 6.27. The van der Waals surface area contributed by atoms with E-state index in [1.54, 1.807) is 7.05 Å². The van der Waals surface area contributed by atoms with Crippen LogP contribution in [0.4, 0.5) is 0 Å². The van der Waals surface area contributed by atoms with Crippen molar-refractivity contribution in [2.24, 2.45) is 10.7 Å². The maximum atomic E-state index is 13.2. The van der Waals surface area contributed by atoms with Gasteiger partial charge in [-0.1, -0.05) is 24.6 Å². The van der Waals surface area contributed by atoms with Crippen LogP contribution in [0.5, 0.6) is 5.75 Å². The molecule has 2 heterocycles. The third kappa shape index (κ3) is 5.65. The van der Waals surface area contributed by atoms with Gasteiger partial charge >= 0.3 is 0 Å². The molecule has 2 unspecified atom stereocenters. The number of ether oxygens (including phenoxy) is 1. The Morgan fingerprint density at radius 1 is 1.16 bits per heavy atom. The fraction of sp³-hybridized carbons (Fsp3) is 0.500. The Labute approximate surface area is 219 Å². The van der Waals surface area contributed by atoms with E-state index in [1.807, 2.05) is 12.1 Å². The number of hydrogen-bond donors (Lipinski definition) is 2. The van der Waals surface area contributed by atoms with Crippen molar-refractivity contribution in [1.29, 1.82) is 0 Å². The minimum absolute atomic E-state index is 0.0262. The van der Waals surface area contributed by atoms with Gasteiger partial charge in [0.15, 0.2) is 5.96 Å². The molecule has 3 N–H and O–H groups in total.